The molecule has 0 saturated heterocycles. The second-order valence-corrected chi connectivity index (χ2v) is 7.42. The number of hydrogen-bond donors (Lipinski definition) is 1. The topological polar surface area (TPSA) is 49.4 Å². The van der Waals surface area contributed by atoms with Gasteiger partial charge in [-0.25, -0.2) is 0 Å². The predicted octanol–water partition coefficient (Wildman–Crippen LogP) is 4.36. The molecule has 1 heterocycles. The van der Waals surface area contributed by atoms with Crippen LogP contribution in [0.15, 0.2) is 48.5 Å². The number of anilines is 1. The molecule has 1 saturated carbocycles. The van der Waals surface area contributed by atoms with E-state index in [0.29, 0.717) is 25.4 Å². The van der Waals surface area contributed by atoms with Crippen LogP contribution in [0.5, 0.6) is 0 Å². The van der Waals surface area contributed by atoms with Crippen molar-refractivity contribution in [1.29, 1.82) is 0 Å². The van der Waals surface area contributed by atoms with Gasteiger partial charge in [-0.1, -0.05) is 43.2 Å². The Balaban J connectivity index is 1.41. The highest BCUT2D eigenvalue weighted by atomic mass is 16.2. The Morgan fingerprint density at radius 1 is 1.08 bits per heavy atom. The lowest BCUT2D eigenvalue weighted by molar-refractivity contribution is -0.117. The van der Waals surface area contributed by atoms with E-state index in [4.69, 9.17) is 0 Å². The molecule has 26 heavy (non-hydrogen) atoms. The van der Waals surface area contributed by atoms with Crippen molar-refractivity contribution in [3.8, 4) is 0 Å². The van der Waals surface area contributed by atoms with Gasteiger partial charge < -0.3 is 10.2 Å². The number of hydrogen-bond acceptors (Lipinski definition) is 2. The minimum absolute atomic E-state index is 0.0627. The first-order valence-corrected chi connectivity index (χ1v) is 9.45. The molecular formula is C22H24N2O2. The zero-order valence-electron chi connectivity index (χ0n) is 14.9. The number of nitrogens with zero attached hydrogens (tertiary/aromatic N) is 1. The molecule has 0 spiro atoms. The predicted molar refractivity (Wildman–Crippen MR) is 102 cm³/mol. The van der Waals surface area contributed by atoms with Crippen LogP contribution in [-0.2, 0) is 17.9 Å². The normalized spacial score (nSPS) is 16.8. The maximum atomic E-state index is 12.6. The van der Waals surface area contributed by atoms with Crippen LogP contribution in [0.1, 0.15) is 53.6 Å². The first-order chi connectivity index (χ1) is 12.7. The summed E-state index contributed by atoms with van der Waals surface area (Å²) in [5, 5.41) is 3.01. The summed E-state index contributed by atoms with van der Waals surface area (Å²) in [6.07, 6.45) is 5.43. The van der Waals surface area contributed by atoms with E-state index < -0.39 is 0 Å². The third kappa shape index (κ3) is 3.64. The fourth-order valence-corrected chi connectivity index (χ4v) is 4.08. The molecular weight excluding hydrogens is 324 g/mol. The standard InChI is InChI=1S/C22H24N2O2/c25-21(12-16-6-4-5-7-16)23-19-10-11-20-18(13-19)15-24(22(20)26)14-17-8-2-1-3-9-17/h1-3,8-11,13,16H,4-7,12,14-15H2,(H,23,25). The van der Waals surface area contributed by atoms with Gasteiger partial charge in [0.15, 0.2) is 0 Å². The molecule has 0 unspecified atom stereocenters. The SMILES string of the molecule is O=C(CC1CCCC1)Nc1ccc2c(c1)CN(Cc1ccccc1)C2=O. The van der Waals surface area contributed by atoms with Crippen LogP contribution < -0.4 is 5.32 Å². The smallest absolute Gasteiger partial charge is 0.254 e. The zero-order valence-corrected chi connectivity index (χ0v) is 14.9. The molecule has 1 N–H and O–H groups in total. The molecule has 134 valence electrons. The summed E-state index contributed by atoms with van der Waals surface area (Å²) in [4.78, 5) is 26.7. The molecule has 2 aromatic rings. The summed E-state index contributed by atoms with van der Waals surface area (Å²) in [5.41, 5.74) is 3.65. The highest BCUT2D eigenvalue weighted by molar-refractivity contribution is 5.99. The average molecular weight is 348 g/mol. The lowest BCUT2D eigenvalue weighted by Gasteiger charge is -2.15. The third-order valence-electron chi connectivity index (χ3n) is 5.43. The Morgan fingerprint density at radius 2 is 1.85 bits per heavy atom. The van der Waals surface area contributed by atoms with Crippen molar-refractivity contribution in [2.24, 2.45) is 5.92 Å². The lowest BCUT2D eigenvalue weighted by Crippen LogP contribution is -2.23. The molecule has 0 bridgehead atoms. The maximum absolute atomic E-state index is 12.6. The number of carbonyl (C=O) groups is 2. The minimum atomic E-state index is 0.0627. The molecule has 2 aliphatic rings. The fraction of sp³-hybridized carbons (Fsp3) is 0.364. The van der Waals surface area contributed by atoms with E-state index in [1.54, 1.807) is 0 Å². The van der Waals surface area contributed by atoms with Crippen LogP contribution >= 0.6 is 0 Å². The van der Waals surface area contributed by atoms with Gasteiger partial charge in [0.05, 0.1) is 0 Å². The maximum Gasteiger partial charge on any atom is 0.254 e. The van der Waals surface area contributed by atoms with Gasteiger partial charge in [-0.3, -0.25) is 9.59 Å². The number of rotatable bonds is 5. The van der Waals surface area contributed by atoms with E-state index in [1.165, 1.54) is 25.7 Å². The number of amides is 2. The van der Waals surface area contributed by atoms with Gasteiger partial charge in [-0.05, 0) is 48.1 Å². The van der Waals surface area contributed by atoms with Gasteiger partial charge in [0, 0.05) is 30.8 Å². The quantitative estimate of drug-likeness (QED) is 0.873. The number of nitrogens with one attached hydrogen (secondary N) is 1. The van der Waals surface area contributed by atoms with Crippen molar-refractivity contribution in [3.63, 3.8) is 0 Å². The Bertz CT molecular complexity index is 810. The van der Waals surface area contributed by atoms with E-state index >= 15 is 0 Å². The lowest BCUT2D eigenvalue weighted by atomic mass is 10.0. The summed E-state index contributed by atoms with van der Waals surface area (Å²) >= 11 is 0. The largest absolute Gasteiger partial charge is 0.330 e. The van der Waals surface area contributed by atoms with Crippen molar-refractivity contribution in [1.82, 2.24) is 4.90 Å². The molecule has 0 aromatic heterocycles. The van der Waals surface area contributed by atoms with Crippen LogP contribution in [0.2, 0.25) is 0 Å². The van der Waals surface area contributed by atoms with Gasteiger partial charge >= 0.3 is 0 Å². The average Bonchev–Trinajstić information content (AvgIpc) is 3.24. The monoisotopic (exact) mass is 348 g/mol. The summed E-state index contributed by atoms with van der Waals surface area (Å²) in [5.74, 6) is 0.683. The van der Waals surface area contributed by atoms with E-state index in [2.05, 4.69) is 5.32 Å². The molecule has 4 nitrogen and oxygen atoms in total. The van der Waals surface area contributed by atoms with E-state index in [-0.39, 0.29) is 11.8 Å². The second-order valence-electron chi connectivity index (χ2n) is 7.42. The number of carbonyl (C=O) groups excluding carboxylic acids is 2. The van der Waals surface area contributed by atoms with Gasteiger partial charge in [0.1, 0.15) is 0 Å². The Labute approximate surface area is 154 Å². The van der Waals surface area contributed by atoms with E-state index in [1.807, 2.05) is 53.4 Å². The van der Waals surface area contributed by atoms with Gasteiger partial charge in [-0.2, -0.15) is 0 Å². The molecule has 4 heteroatoms. The Morgan fingerprint density at radius 3 is 2.62 bits per heavy atom. The van der Waals surface area contributed by atoms with Crippen LogP contribution in [0.25, 0.3) is 0 Å². The molecule has 1 fully saturated rings. The summed E-state index contributed by atoms with van der Waals surface area (Å²) in [6.45, 7) is 1.20. The zero-order chi connectivity index (χ0) is 17.9. The van der Waals surface area contributed by atoms with Crippen LogP contribution in [0.4, 0.5) is 5.69 Å². The fourth-order valence-electron chi connectivity index (χ4n) is 4.08. The van der Waals surface area contributed by atoms with E-state index in [9.17, 15) is 9.59 Å². The van der Waals surface area contributed by atoms with Crippen molar-refractivity contribution >= 4 is 17.5 Å². The Kier molecular flexibility index (Phi) is 4.74. The highest BCUT2D eigenvalue weighted by Gasteiger charge is 2.27. The van der Waals surface area contributed by atoms with Gasteiger partial charge in [-0.15, -0.1) is 0 Å². The summed E-state index contributed by atoms with van der Waals surface area (Å²) in [7, 11) is 0. The number of benzene rings is 2. The minimum Gasteiger partial charge on any atom is -0.330 e. The van der Waals surface area contributed by atoms with Crippen LogP contribution in [0, 0.1) is 5.92 Å². The van der Waals surface area contributed by atoms with E-state index in [0.717, 1.165) is 22.4 Å². The molecule has 0 radical (unpaired) electrons. The first kappa shape index (κ1) is 16.8. The van der Waals surface area contributed by atoms with Crippen molar-refractivity contribution < 1.29 is 9.59 Å². The summed E-state index contributed by atoms with van der Waals surface area (Å²) in [6, 6.07) is 15.6. The second kappa shape index (κ2) is 7.32. The van der Waals surface area contributed by atoms with Crippen LogP contribution in [0.3, 0.4) is 0 Å². The van der Waals surface area contributed by atoms with Crippen molar-refractivity contribution in [2.45, 2.75) is 45.2 Å². The molecule has 2 amide bonds. The summed E-state index contributed by atoms with van der Waals surface area (Å²) < 4.78 is 0. The van der Waals surface area contributed by atoms with Gasteiger partial charge in [0.25, 0.3) is 5.91 Å². The van der Waals surface area contributed by atoms with Crippen molar-refractivity contribution in [2.75, 3.05) is 5.32 Å². The van der Waals surface area contributed by atoms with Crippen molar-refractivity contribution in [3.05, 3.63) is 65.2 Å². The first-order valence-electron chi connectivity index (χ1n) is 9.45. The Hall–Kier alpha value is -2.62. The molecule has 1 aliphatic heterocycles. The van der Waals surface area contributed by atoms with Gasteiger partial charge in [0.2, 0.25) is 5.91 Å². The van der Waals surface area contributed by atoms with Crippen LogP contribution in [-0.4, -0.2) is 16.7 Å². The molecule has 4 rings (SSSR count). The third-order valence-corrected chi connectivity index (χ3v) is 5.43. The molecule has 2 aromatic carbocycles. The molecule has 0 atom stereocenters. The highest BCUT2D eigenvalue weighted by Crippen LogP contribution is 2.29. The number of fused-ring (bicyclic) bond motifs is 1. The molecule has 1 aliphatic carbocycles.